The average molecular weight is 805 g/mol. The van der Waals surface area contributed by atoms with Crippen LogP contribution in [0.3, 0.4) is 0 Å². The van der Waals surface area contributed by atoms with Crippen molar-refractivity contribution in [3.05, 3.63) is 144 Å². The molecule has 2 heterocycles. The summed E-state index contributed by atoms with van der Waals surface area (Å²) in [7, 11) is 0. The summed E-state index contributed by atoms with van der Waals surface area (Å²) >= 11 is 0. The minimum atomic E-state index is -4.53. The van der Waals surface area contributed by atoms with Crippen LogP contribution in [-0.2, 0) is 18.5 Å². The monoisotopic (exact) mass is 804 g/mol. The van der Waals surface area contributed by atoms with Gasteiger partial charge < -0.3 is 19.3 Å². The topological polar surface area (TPSA) is 72.7 Å². The zero-order valence-corrected chi connectivity index (χ0v) is 30.2. The Morgan fingerprint density at radius 3 is 1.91 bits per heavy atom. The summed E-state index contributed by atoms with van der Waals surface area (Å²) < 4.78 is 136. The molecule has 1 aromatic heterocycles. The standard InChI is InChI=1S/C41H37F9N4O3/c1-26(51-22-21-35(28-7-3-2-4-8-28)56-34-19-15-32(16-20-34)41(48,49)50)36(38-52-37(53-57-38)29-9-11-30(12-10-29)39(42,43)44)54-23-5-6-27(24-54)25-55-33-17-13-31(14-18-33)40(45,46)47/h2-4,7-20,27,35-36,51H,1,5-6,21-25H2/t27?,35-,36?/m1/s1. The first-order chi connectivity index (χ1) is 27.0. The molecule has 1 aliphatic heterocycles. The second-order valence-corrected chi connectivity index (χ2v) is 13.6. The molecule has 1 fully saturated rings. The van der Waals surface area contributed by atoms with E-state index in [4.69, 9.17) is 14.0 Å². The van der Waals surface area contributed by atoms with E-state index in [0.29, 0.717) is 37.2 Å². The van der Waals surface area contributed by atoms with E-state index in [1.54, 1.807) is 0 Å². The first kappa shape index (κ1) is 41.1. The molecule has 1 aliphatic rings. The van der Waals surface area contributed by atoms with Crippen LogP contribution in [0.1, 0.15) is 59.6 Å². The number of alkyl halides is 9. The van der Waals surface area contributed by atoms with Crippen LogP contribution in [0.2, 0.25) is 0 Å². The van der Waals surface area contributed by atoms with E-state index in [2.05, 4.69) is 22.0 Å². The molecule has 2 unspecified atom stereocenters. The van der Waals surface area contributed by atoms with E-state index >= 15 is 0 Å². The van der Waals surface area contributed by atoms with Gasteiger partial charge in [-0.05, 0) is 85.6 Å². The molecular formula is C41H37F9N4O3. The maximum absolute atomic E-state index is 13.2. The number of hydrogen-bond donors (Lipinski definition) is 1. The molecule has 0 amide bonds. The molecular weight excluding hydrogens is 767 g/mol. The molecule has 57 heavy (non-hydrogen) atoms. The Labute approximate surface area is 322 Å². The fourth-order valence-corrected chi connectivity index (χ4v) is 6.53. The van der Waals surface area contributed by atoms with Gasteiger partial charge in [-0.3, -0.25) is 4.90 Å². The molecule has 0 radical (unpaired) electrons. The van der Waals surface area contributed by atoms with Gasteiger partial charge in [-0.15, -0.1) is 0 Å². The number of hydrogen-bond acceptors (Lipinski definition) is 7. The highest BCUT2D eigenvalue weighted by Gasteiger charge is 2.35. The summed E-state index contributed by atoms with van der Waals surface area (Å²) in [5, 5.41) is 7.37. The summed E-state index contributed by atoms with van der Waals surface area (Å²) in [6, 6.07) is 21.6. The lowest BCUT2D eigenvalue weighted by Crippen LogP contribution is -2.42. The van der Waals surface area contributed by atoms with Crippen molar-refractivity contribution in [1.82, 2.24) is 20.4 Å². The van der Waals surface area contributed by atoms with Crippen molar-refractivity contribution in [2.45, 2.75) is 49.9 Å². The van der Waals surface area contributed by atoms with Crippen LogP contribution in [0.15, 0.2) is 120 Å². The number of benzene rings is 4. The van der Waals surface area contributed by atoms with Crippen LogP contribution in [0.25, 0.3) is 11.4 Å². The van der Waals surface area contributed by atoms with Gasteiger partial charge in [0.1, 0.15) is 23.6 Å². The zero-order valence-electron chi connectivity index (χ0n) is 30.2. The van der Waals surface area contributed by atoms with Crippen molar-refractivity contribution < 1.29 is 53.5 Å². The van der Waals surface area contributed by atoms with Crippen molar-refractivity contribution in [2.75, 3.05) is 26.2 Å². The van der Waals surface area contributed by atoms with E-state index in [9.17, 15) is 39.5 Å². The third-order valence-corrected chi connectivity index (χ3v) is 9.45. The molecule has 7 nitrogen and oxygen atoms in total. The Morgan fingerprint density at radius 2 is 1.33 bits per heavy atom. The summed E-state index contributed by atoms with van der Waals surface area (Å²) in [6.07, 6.45) is -12.3. The van der Waals surface area contributed by atoms with E-state index in [-0.39, 0.29) is 42.3 Å². The molecule has 6 rings (SSSR count). The van der Waals surface area contributed by atoms with Gasteiger partial charge in [-0.25, -0.2) is 0 Å². The van der Waals surface area contributed by atoms with Gasteiger partial charge in [0.05, 0.1) is 23.3 Å². The molecule has 4 aromatic carbocycles. The van der Waals surface area contributed by atoms with Crippen molar-refractivity contribution in [3.8, 4) is 22.9 Å². The van der Waals surface area contributed by atoms with E-state index < -0.39 is 47.4 Å². The number of ether oxygens (including phenoxy) is 2. The fourth-order valence-electron chi connectivity index (χ4n) is 6.53. The number of halogens is 9. The molecule has 0 spiro atoms. The van der Waals surface area contributed by atoms with Gasteiger partial charge in [0.25, 0.3) is 0 Å². The van der Waals surface area contributed by atoms with Gasteiger partial charge >= 0.3 is 18.5 Å². The number of aromatic nitrogens is 2. The number of likely N-dealkylation sites (tertiary alicyclic amines) is 1. The van der Waals surface area contributed by atoms with E-state index in [1.165, 1.54) is 36.4 Å². The summed E-state index contributed by atoms with van der Waals surface area (Å²) in [5.41, 5.74) is -0.898. The Bertz CT molecular complexity index is 2050. The molecule has 1 N–H and O–H groups in total. The first-order valence-electron chi connectivity index (χ1n) is 17.9. The van der Waals surface area contributed by atoms with Crippen LogP contribution in [0.5, 0.6) is 11.5 Å². The number of nitrogens with one attached hydrogen (secondary N) is 1. The largest absolute Gasteiger partial charge is 0.493 e. The van der Waals surface area contributed by atoms with Crippen molar-refractivity contribution in [1.29, 1.82) is 0 Å². The highest BCUT2D eigenvalue weighted by Crippen LogP contribution is 2.36. The minimum Gasteiger partial charge on any atom is -0.493 e. The van der Waals surface area contributed by atoms with Crippen LogP contribution < -0.4 is 14.8 Å². The molecule has 16 heteroatoms. The van der Waals surface area contributed by atoms with Gasteiger partial charge in [0.15, 0.2) is 0 Å². The lowest BCUT2D eigenvalue weighted by Gasteiger charge is -2.37. The van der Waals surface area contributed by atoms with E-state index in [1.807, 2.05) is 35.2 Å². The molecule has 0 aliphatic carbocycles. The van der Waals surface area contributed by atoms with Gasteiger partial charge in [-0.2, -0.15) is 44.5 Å². The summed E-state index contributed by atoms with van der Waals surface area (Å²) in [5.74, 6) is 0.644. The minimum absolute atomic E-state index is 0.0600. The van der Waals surface area contributed by atoms with Crippen molar-refractivity contribution >= 4 is 0 Å². The molecule has 302 valence electrons. The second kappa shape index (κ2) is 17.3. The lowest BCUT2D eigenvalue weighted by molar-refractivity contribution is -0.138. The molecule has 1 saturated heterocycles. The molecule has 0 saturated carbocycles. The smallest absolute Gasteiger partial charge is 0.416 e. The highest BCUT2D eigenvalue weighted by molar-refractivity contribution is 5.55. The van der Waals surface area contributed by atoms with Gasteiger partial charge in [0.2, 0.25) is 11.7 Å². The predicted octanol–water partition coefficient (Wildman–Crippen LogP) is 10.9. The Hall–Kier alpha value is -5.51. The average Bonchev–Trinajstić information content (AvgIpc) is 3.66. The molecule has 5 aromatic rings. The maximum atomic E-state index is 13.2. The zero-order chi connectivity index (χ0) is 40.8. The molecule has 0 bridgehead atoms. The Balaban J connectivity index is 1.19. The lowest BCUT2D eigenvalue weighted by atomic mass is 9.96. The molecule has 3 atom stereocenters. The van der Waals surface area contributed by atoms with E-state index in [0.717, 1.165) is 48.4 Å². The third-order valence-electron chi connectivity index (χ3n) is 9.45. The summed E-state index contributed by atoms with van der Waals surface area (Å²) in [4.78, 5) is 6.60. The van der Waals surface area contributed by atoms with Gasteiger partial charge in [0, 0.05) is 36.7 Å². The Morgan fingerprint density at radius 1 is 0.772 bits per heavy atom. The van der Waals surface area contributed by atoms with Crippen LogP contribution >= 0.6 is 0 Å². The van der Waals surface area contributed by atoms with Crippen LogP contribution in [-0.4, -0.2) is 41.3 Å². The van der Waals surface area contributed by atoms with Crippen molar-refractivity contribution in [3.63, 3.8) is 0 Å². The van der Waals surface area contributed by atoms with Gasteiger partial charge in [-0.1, -0.05) is 54.2 Å². The highest BCUT2D eigenvalue weighted by atomic mass is 19.4. The van der Waals surface area contributed by atoms with Crippen LogP contribution in [0, 0.1) is 5.92 Å². The third kappa shape index (κ3) is 10.9. The number of nitrogens with zero attached hydrogens (tertiary/aromatic N) is 3. The first-order valence-corrected chi connectivity index (χ1v) is 17.9. The number of rotatable bonds is 14. The quantitative estimate of drug-likeness (QED) is 0.112. The van der Waals surface area contributed by atoms with Crippen molar-refractivity contribution in [2.24, 2.45) is 5.92 Å². The summed E-state index contributed by atoms with van der Waals surface area (Å²) in [6.45, 7) is 5.77. The normalized spacial score (nSPS) is 16.5. The van der Waals surface area contributed by atoms with Crippen LogP contribution in [0.4, 0.5) is 39.5 Å². The maximum Gasteiger partial charge on any atom is 0.416 e. The Kier molecular flexibility index (Phi) is 12.5. The number of piperidine rings is 1. The SMILES string of the molecule is C=C(NCC[C@@H](Oc1ccc(C(F)(F)F)cc1)c1ccccc1)C(c1nc(-c2ccc(C(F)(F)F)cc2)no1)N1CCCC(COc2ccc(C(F)(F)F)cc2)C1. The fraction of sp³-hybridized carbons (Fsp3) is 0.317. The predicted molar refractivity (Wildman–Crippen MR) is 192 cm³/mol. The second-order valence-electron chi connectivity index (χ2n) is 13.6.